The fourth-order valence-electron chi connectivity index (χ4n) is 3.36. The standard InChI is InChI=1S/C14H20N2O2/c1-13(10-14(13)4-6-15-7-5-14)12(17)16-9-11-3-2-8-18-11/h2-3,8,15H,4-7,9-10H2,1H3,(H,16,17). The first-order valence-electron chi connectivity index (χ1n) is 6.68. The highest BCUT2D eigenvalue weighted by atomic mass is 16.3. The number of carbonyl (C=O) groups excluding carboxylic acids is 1. The first-order valence-corrected chi connectivity index (χ1v) is 6.68. The summed E-state index contributed by atoms with van der Waals surface area (Å²) in [5, 5.41) is 6.37. The van der Waals surface area contributed by atoms with Crippen molar-refractivity contribution in [3.63, 3.8) is 0 Å². The summed E-state index contributed by atoms with van der Waals surface area (Å²) in [6, 6.07) is 3.73. The molecule has 2 heterocycles. The minimum atomic E-state index is -0.165. The summed E-state index contributed by atoms with van der Waals surface area (Å²) >= 11 is 0. The van der Waals surface area contributed by atoms with Gasteiger partial charge in [-0.2, -0.15) is 0 Å². The number of piperidine rings is 1. The SMILES string of the molecule is CC1(C(=O)NCc2ccco2)CC12CCNCC2. The van der Waals surface area contributed by atoms with E-state index in [0.29, 0.717) is 6.54 Å². The molecular weight excluding hydrogens is 228 g/mol. The number of nitrogens with one attached hydrogen (secondary N) is 2. The van der Waals surface area contributed by atoms with Crippen molar-refractivity contribution >= 4 is 5.91 Å². The van der Waals surface area contributed by atoms with E-state index in [1.54, 1.807) is 6.26 Å². The fraction of sp³-hybridized carbons (Fsp3) is 0.643. The first-order chi connectivity index (χ1) is 8.66. The van der Waals surface area contributed by atoms with Crippen molar-refractivity contribution in [3.05, 3.63) is 24.2 Å². The van der Waals surface area contributed by atoms with Crippen molar-refractivity contribution < 1.29 is 9.21 Å². The number of hydrogen-bond acceptors (Lipinski definition) is 3. The highest BCUT2D eigenvalue weighted by Crippen LogP contribution is 2.68. The molecule has 0 bridgehead atoms. The highest BCUT2D eigenvalue weighted by molar-refractivity contribution is 5.86. The normalized spacial score (nSPS) is 29.2. The lowest BCUT2D eigenvalue weighted by atomic mass is 9.85. The monoisotopic (exact) mass is 248 g/mol. The lowest BCUT2D eigenvalue weighted by molar-refractivity contribution is -0.127. The van der Waals surface area contributed by atoms with Gasteiger partial charge in [-0.25, -0.2) is 0 Å². The lowest BCUT2D eigenvalue weighted by Crippen LogP contribution is -2.38. The van der Waals surface area contributed by atoms with Gasteiger partial charge in [-0.05, 0) is 49.9 Å². The topological polar surface area (TPSA) is 54.3 Å². The third kappa shape index (κ3) is 1.75. The third-order valence-corrected chi connectivity index (χ3v) is 4.80. The van der Waals surface area contributed by atoms with Gasteiger partial charge in [0.05, 0.1) is 18.2 Å². The molecule has 98 valence electrons. The van der Waals surface area contributed by atoms with Gasteiger partial charge < -0.3 is 15.1 Å². The Labute approximate surface area is 107 Å². The predicted molar refractivity (Wildman–Crippen MR) is 67.8 cm³/mol. The van der Waals surface area contributed by atoms with Gasteiger partial charge in [0.1, 0.15) is 5.76 Å². The molecule has 4 heteroatoms. The Kier molecular flexibility index (Phi) is 2.70. The van der Waals surface area contributed by atoms with Crippen LogP contribution in [-0.2, 0) is 11.3 Å². The quantitative estimate of drug-likeness (QED) is 0.855. The maximum absolute atomic E-state index is 12.3. The molecular formula is C14H20N2O2. The Bertz CT molecular complexity index is 435. The van der Waals surface area contributed by atoms with Crippen LogP contribution >= 0.6 is 0 Å². The molecule has 0 aromatic carbocycles. The van der Waals surface area contributed by atoms with Crippen LogP contribution in [0.4, 0.5) is 0 Å². The van der Waals surface area contributed by atoms with Gasteiger partial charge in [-0.15, -0.1) is 0 Å². The van der Waals surface area contributed by atoms with Gasteiger partial charge in [0.15, 0.2) is 0 Å². The minimum Gasteiger partial charge on any atom is -0.467 e. The van der Waals surface area contributed by atoms with Crippen LogP contribution in [0.5, 0.6) is 0 Å². The van der Waals surface area contributed by atoms with Crippen LogP contribution in [0.15, 0.2) is 22.8 Å². The van der Waals surface area contributed by atoms with E-state index in [1.165, 1.54) is 0 Å². The van der Waals surface area contributed by atoms with Crippen molar-refractivity contribution in [3.8, 4) is 0 Å². The maximum atomic E-state index is 12.3. The number of carbonyl (C=O) groups is 1. The Morgan fingerprint density at radius 3 is 2.94 bits per heavy atom. The van der Waals surface area contributed by atoms with Crippen molar-refractivity contribution in [2.24, 2.45) is 10.8 Å². The van der Waals surface area contributed by atoms with Gasteiger partial charge >= 0.3 is 0 Å². The largest absolute Gasteiger partial charge is 0.467 e. The van der Waals surface area contributed by atoms with Crippen molar-refractivity contribution in [1.82, 2.24) is 10.6 Å². The van der Waals surface area contributed by atoms with Crippen molar-refractivity contribution in [1.29, 1.82) is 0 Å². The molecule has 1 aliphatic carbocycles. The van der Waals surface area contributed by atoms with Gasteiger partial charge in [0.2, 0.25) is 5.91 Å². The first kappa shape index (κ1) is 11.8. The summed E-state index contributed by atoms with van der Waals surface area (Å²) in [4.78, 5) is 12.3. The predicted octanol–water partition coefficient (Wildman–Crippen LogP) is 1.68. The Morgan fingerprint density at radius 2 is 2.28 bits per heavy atom. The smallest absolute Gasteiger partial charge is 0.226 e. The molecule has 1 amide bonds. The van der Waals surface area contributed by atoms with Crippen LogP contribution < -0.4 is 10.6 Å². The van der Waals surface area contributed by atoms with Crippen molar-refractivity contribution in [2.45, 2.75) is 32.7 Å². The lowest BCUT2D eigenvalue weighted by Gasteiger charge is -2.27. The molecule has 1 aliphatic heterocycles. The summed E-state index contributed by atoms with van der Waals surface area (Å²) in [6.07, 6.45) is 4.91. The van der Waals surface area contributed by atoms with E-state index in [2.05, 4.69) is 17.6 Å². The Balaban J connectivity index is 1.60. The van der Waals surface area contributed by atoms with Crippen LogP contribution in [0.3, 0.4) is 0 Å². The number of furan rings is 1. The summed E-state index contributed by atoms with van der Waals surface area (Å²) in [5.74, 6) is 0.993. The molecule has 0 radical (unpaired) electrons. The maximum Gasteiger partial charge on any atom is 0.226 e. The Hall–Kier alpha value is -1.29. The molecule has 18 heavy (non-hydrogen) atoms. The molecule has 1 aromatic heterocycles. The van der Waals surface area contributed by atoms with Crippen LogP contribution in [0.1, 0.15) is 31.9 Å². The second-order valence-electron chi connectivity index (χ2n) is 5.80. The van der Waals surface area contributed by atoms with Gasteiger partial charge in [-0.1, -0.05) is 6.92 Å². The molecule has 2 fully saturated rings. The molecule has 1 atom stereocenters. The average Bonchev–Trinajstić information content (AvgIpc) is 2.80. The Morgan fingerprint density at radius 1 is 1.50 bits per heavy atom. The fourth-order valence-corrected chi connectivity index (χ4v) is 3.36. The molecule has 1 aromatic rings. The van der Waals surface area contributed by atoms with E-state index < -0.39 is 0 Å². The second-order valence-corrected chi connectivity index (χ2v) is 5.80. The van der Waals surface area contributed by atoms with E-state index in [9.17, 15) is 4.79 Å². The minimum absolute atomic E-state index is 0.165. The van der Waals surface area contributed by atoms with E-state index in [0.717, 1.165) is 38.1 Å². The van der Waals surface area contributed by atoms with Crippen LogP contribution in [0, 0.1) is 10.8 Å². The van der Waals surface area contributed by atoms with Gasteiger partial charge in [-0.3, -0.25) is 4.79 Å². The second kappa shape index (κ2) is 4.12. The molecule has 3 rings (SSSR count). The third-order valence-electron chi connectivity index (χ3n) is 4.80. The van der Waals surface area contributed by atoms with Crippen LogP contribution in [-0.4, -0.2) is 19.0 Å². The summed E-state index contributed by atoms with van der Waals surface area (Å²) in [6.45, 7) is 4.69. The molecule has 2 N–H and O–H groups in total. The zero-order valence-electron chi connectivity index (χ0n) is 10.8. The van der Waals surface area contributed by atoms with Crippen LogP contribution in [0.25, 0.3) is 0 Å². The molecule has 2 aliphatic rings. The zero-order valence-corrected chi connectivity index (χ0v) is 10.8. The summed E-state index contributed by atoms with van der Waals surface area (Å²) in [5.41, 5.74) is 0.0905. The molecule has 1 saturated carbocycles. The molecule has 4 nitrogen and oxygen atoms in total. The average molecular weight is 248 g/mol. The number of amides is 1. The zero-order chi connectivity index (χ0) is 12.6. The molecule has 1 saturated heterocycles. The van der Waals surface area contributed by atoms with Crippen LogP contribution in [0.2, 0.25) is 0 Å². The van der Waals surface area contributed by atoms with Gasteiger partial charge in [0, 0.05) is 0 Å². The summed E-state index contributed by atoms with van der Waals surface area (Å²) in [7, 11) is 0. The molecule has 1 unspecified atom stereocenters. The summed E-state index contributed by atoms with van der Waals surface area (Å²) < 4.78 is 5.23. The number of rotatable bonds is 3. The van der Waals surface area contributed by atoms with E-state index in [-0.39, 0.29) is 16.7 Å². The number of hydrogen-bond donors (Lipinski definition) is 2. The van der Waals surface area contributed by atoms with E-state index in [4.69, 9.17) is 4.42 Å². The highest BCUT2D eigenvalue weighted by Gasteiger charge is 2.67. The van der Waals surface area contributed by atoms with E-state index >= 15 is 0 Å². The van der Waals surface area contributed by atoms with Crippen molar-refractivity contribution in [2.75, 3.05) is 13.1 Å². The molecule has 1 spiro atoms. The van der Waals surface area contributed by atoms with E-state index in [1.807, 2.05) is 12.1 Å². The van der Waals surface area contributed by atoms with Gasteiger partial charge in [0.25, 0.3) is 0 Å².